The molecule has 0 fully saturated rings. The fourth-order valence-corrected chi connectivity index (χ4v) is 1.82. The third-order valence-electron chi connectivity index (χ3n) is 2.68. The smallest absolute Gasteiger partial charge is 0.153 e. The van der Waals surface area contributed by atoms with Gasteiger partial charge in [0.1, 0.15) is 11.3 Å². The molecule has 3 heteroatoms. The van der Waals surface area contributed by atoms with Gasteiger partial charge >= 0.3 is 0 Å². The van der Waals surface area contributed by atoms with Crippen LogP contribution >= 0.6 is 0 Å². The van der Waals surface area contributed by atoms with Gasteiger partial charge in [-0.05, 0) is 24.3 Å². The average molecular weight is 225 g/mol. The average Bonchev–Trinajstić information content (AvgIpc) is 2.82. The number of aliphatic hydroxyl groups is 1. The monoisotopic (exact) mass is 225 g/mol. The van der Waals surface area contributed by atoms with Crippen LogP contribution in [0.4, 0.5) is 0 Å². The predicted octanol–water partition coefficient (Wildman–Crippen LogP) is 2.91. The summed E-state index contributed by atoms with van der Waals surface area (Å²) in [4.78, 5) is 4.12. The van der Waals surface area contributed by atoms with E-state index in [1.807, 2.05) is 42.5 Å². The number of aliphatic hydroxyl groups excluding tert-OH is 1. The van der Waals surface area contributed by atoms with Gasteiger partial charge in [0.2, 0.25) is 0 Å². The van der Waals surface area contributed by atoms with Gasteiger partial charge in [0.05, 0.1) is 5.69 Å². The molecule has 3 nitrogen and oxygen atoms in total. The fraction of sp³-hybridized carbons (Fsp3) is 0.0714. The second-order valence-electron chi connectivity index (χ2n) is 3.84. The third kappa shape index (κ3) is 1.81. The molecule has 1 atom stereocenters. The van der Waals surface area contributed by atoms with Crippen LogP contribution in [-0.2, 0) is 0 Å². The first kappa shape index (κ1) is 10.1. The molecule has 2 heterocycles. The highest BCUT2D eigenvalue weighted by Crippen LogP contribution is 2.26. The minimum atomic E-state index is -0.816. The minimum absolute atomic E-state index is 0.518. The lowest BCUT2D eigenvalue weighted by Gasteiger charge is -2.05. The van der Waals surface area contributed by atoms with Crippen molar-refractivity contribution in [2.24, 2.45) is 0 Å². The van der Waals surface area contributed by atoms with Gasteiger partial charge in [-0.2, -0.15) is 0 Å². The topological polar surface area (TPSA) is 46.3 Å². The van der Waals surface area contributed by atoms with Crippen molar-refractivity contribution in [3.63, 3.8) is 0 Å². The van der Waals surface area contributed by atoms with E-state index in [0.29, 0.717) is 11.5 Å². The first-order chi connectivity index (χ1) is 8.34. The molecule has 0 radical (unpaired) electrons. The molecule has 0 aliphatic rings. The molecule has 1 N–H and O–H groups in total. The molecule has 1 unspecified atom stereocenters. The normalized spacial score (nSPS) is 12.8. The van der Waals surface area contributed by atoms with Gasteiger partial charge in [-0.25, -0.2) is 0 Å². The summed E-state index contributed by atoms with van der Waals surface area (Å²) >= 11 is 0. The lowest BCUT2D eigenvalue weighted by atomic mass is 10.1. The van der Waals surface area contributed by atoms with Crippen molar-refractivity contribution in [2.75, 3.05) is 0 Å². The lowest BCUT2D eigenvalue weighted by Crippen LogP contribution is -1.99. The Bertz CT molecular complexity index is 598. The van der Waals surface area contributed by atoms with E-state index in [2.05, 4.69) is 4.98 Å². The summed E-state index contributed by atoms with van der Waals surface area (Å²) in [7, 11) is 0. The number of para-hydroxylation sites is 1. The number of fused-ring (bicyclic) bond motifs is 1. The Labute approximate surface area is 98.3 Å². The Balaban J connectivity index is 2.04. The van der Waals surface area contributed by atoms with Crippen LogP contribution < -0.4 is 0 Å². The summed E-state index contributed by atoms with van der Waals surface area (Å²) in [5.41, 5.74) is 1.36. The highest BCUT2D eigenvalue weighted by atomic mass is 16.4. The summed E-state index contributed by atoms with van der Waals surface area (Å²) in [6, 6.07) is 14.9. The molecule has 17 heavy (non-hydrogen) atoms. The number of hydrogen-bond acceptors (Lipinski definition) is 3. The van der Waals surface area contributed by atoms with Gasteiger partial charge in [0.25, 0.3) is 0 Å². The molecule has 0 amide bonds. The first-order valence-corrected chi connectivity index (χ1v) is 5.42. The van der Waals surface area contributed by atoms with E-state index >= 15 is 0 Å². The number of benzene rings is 1. The number of aromatic nitrogens is 1. The van der Waals surface area contributed by atoms with E-state index in [0.717, 1.165) is 11.0 Å². The number of furan rings is 1. The number of hydrogen-bond donors (Lipinski definition) is 1. The number of pyridine rings is 1. The SMILES string of the molecule is OC(c1ccccn1)c1cc2ccccc2o1. The predicted molar refractivity (Wildman–Crippen MR) is 64.5 cm³/mol. The minimum Gasteiger partial charge on any atom is -0.458 e. The summed E-state index contributed by atoms with van der Waals surface area (Å²) in [5, 5.41) is 11.1. The Morgan fingerprint density at radius 1 is 1.06 bits per heavy atom. The van der Waals surface area contributed by atoms with Crippen molar-refractivity contribution in [2.45, 2.75) is 6.10 Å². The molecule has 0 spiro atoms. The van der Waals surface area contributed by atoms with Crippen LogP contribution in [-0.4, -0.2) is 10.1 Å². The molecular formula is C14H11NO2. The lowest BCUT2D eigenvalue weighted by molar-refractivity contribution is 0.187. The van der Waals surface area contributed by atoms with Crippen LogP contribution in [0.15, 0.2) is 59.1 Å². The molecule has 84 valence electrons. The Morgan fingerprint density at radius 2 is 1.88 bits per heavy atom. The molecule has 2 aromatic heterocycles. The van der Waals surface area contributed by atoms with Gasteiger partial charge in [0.15, 0.2) is 6.10 Å². The molecule has 0 aliphatic heterocycles. The van der Waals surface area contributed by atoms with Crippen molar-refractivity contribution in [1.29, 1.82) is 0 Å². The third-order valence-corrected chi connectivity index (χ3v) is 2.68. The van der Waals surface area contributed by atoms with E-state index in [1.54, 1.807) is 12.3 Å². The summed E-state index contributed by atoms with van der Waals surface area (Å²) in [6.07, 6.45) is 0.838. The van der Waals surface area contributed by atoms with Gasteiger partial charge in [-0.3, -0.25) is 4.98 Å². The molecule has 3 aromatic rings. The Hall–Kier alpha value is -2.13. The van der Waals surface area contributed by atoms with Crippen LogP contribution in [0.3, 0.4) is 0 Å². The Kier molecular flexibility index (Phi) is 2.38. The zero-order valence-corrected chi connectivity index (χ0v) is 9.08. The van der Waals surface area contributed by atoms with Gasteiger partial charge in [-0.1, -0.05) is 24.3 Å². The summed E-state index contributed by atoms with van der Waals surface area (Å²) in [5.74, 6) is 0.518. The van der Waals surface area contributed by atoms with Crippen LogP contribution in [0.1, 0.15) is 17.6 Å². The van der Waals surface area contributed by atoms with Crippen LogP contribution in [0.2, 0.25) is 0 Å². The molecule has 0 saturated heterocycles. The second-order valence-corrected chi connectivity index (χ2v) is 3.84. The number of nitrogens with zero attached hydrogens (tertiary/aromatic N) is 1. The maximum absolute atomic E-state index is 10.1. The molecule has 0 aliphatic carbocycles. The molecule has 1 aromatic carbocycles. The Morgan fingerprint density at radius 3 is 2.65 bits per heavy atom. The maximum atomic E-state index is 10.1. The standard InChI is InChI=1S/C14H11NO2/c16-14(11-6-3-4-8-15-11)13-9-10-5-1-2-7-12(10)17-13/h1-9,14,16H. The van der Waals surface area contributed by atoms with Crippen LogP contribution in [0.25, 0.3) is 11.0 Å². The van der Waals surface area contributed by atoms with Crippen molar-refractivity contribution in [1.82, 2.24) is 4.98 Å². The van der Waals surface area contributed by atoms with E-state index in [-0.39, 0.29) is 0 Å². The van der Waals surface area contributed by atoms with Gasteiger partial charge < -0.3 is 9.52 Å². The molecule has 3 rings (SSSR count). The zero-order valence-electron chi connectivity index (χ0n) is 9.08. The van der Waals surface area contributed by atoms with E-state index < -0.39 is 6.10 Å². The second kappa shape index (κ2) is 4.03. The number of rotatable bonds is 2. The van der Waals surface area contributed by atoms with Crippen LogP contribution in [0, 0.1) is 0 Å². The summed E-state index contributed by atoms with van der Waals surface area (Å²) in [6.45, 7) is 0. The first-order valence-electron chi connectivity index (χ1n) is 5.42. The van der Waals surface area contributed by atoms with Crippen molar-refractivity contribution < 1.29 is 9.52 Å². The largest absolute Gasteiger partial charge is 0.458 e. The van der Waals surface area contributed by atoms with E-state index in [1.165, 1.54) is 0 Å². The van der Waals surface area contributed by atoms with Crippen molar-refractivity contribution >= 4 is 11.0 Å². The van der Waals surface area contributed by atoms with Gasteiger partial charge in [-0.15, -0.1) is 0 Å². The molecular weight excluding hydrogens is 214 g/mol. The fourth-order valence-electron chi connectivity index (χ4n) is 1.82. The van der Waals surface area contributed by atoms with Crippen molar-refractivity contribution in [3.8, 4) is 0 Å². The molecule has 0 bridgehead atoms. The quantitative estimate of drug-likeness (QED) is 0.729. The summed E-state index contributed by atoms with van der Waals surface area (Å²) < 4.78 is 5.59. The highest BCUT2D eigenvalue weighted by molar-refractivity contribution is 5.77. The van der Waals surface area contributed by atoms with Crippen LogP contribution in [0.5, 0.6) is 0 Å². The zero-order chi connectivity index (χ0) is 11.7. The highest BCUT2D eigenvalue weighted by Gasteiger charge is 2.15. The maximum Gasteiger partial charge on any atom is 0.153 e. The van der Waals surface area contributed by atoms with E-state index in [4.69, 9.17) is 4.42 Å². The van der Waals surface area contributed by atoms with E-state index in [9.17, 15) is 5.11 Å². The molecule has 0 saturated carbocycles. The van der Waals surface area contributed by atoms with Crippen molar-refractivity contribution in [3.05, 3.63) is 66.2 Å². The van der Waals surface area contributed by atoms with Gasteiger partial charge in [0, 0.05) is 11.6 Å².